The summed E-state index contributed by atoms with van der Waals surface area (Å²) in [5.74, 6) is -4.07. The number of carbonyl (C=O) groups is 2. The molecule has 0 saturated heterocycles. The zero-order valence-electron chi connectivity index (χ0n) is 12.6. The van der Waals surface area contributed by atoms with Crippen molar-refractivity contribution in [1.82, 2.24) is 0 Å². The first kappa shape index (κ1) is 19.0. The van der Waals surface area contributed by atoms with Gasteiger partial charge in [0.05, 0.1) is 20.1 Å². The first-order valence-electron chi connectivity index (χ1n) is 6.67. The minimum absolute atomic E-state index is 0.471. The Labute approximate surface area is 131 Å². The van der Waals surface area contributed by atoms with Gasteiger partial charge in [0.25, 0.3) is 0 Å². The normalized spacial score (nSPS) is 15.4. The van der Waals surface area contributed by atoms with Gasteiger partial charge >= 0.3 is 18.1 Å². The van der Waals surface area contributed by atoms with E-state index in [0.29, 0.717) is 0 Å². The summed E-state index contributed by atoms with van der Waals surface area (Å²) in [4.78, 5) is 23.0. The minimum Gasteiger partial charge on any atom is -0.469 e. The third kappa shape index (κ3) is 4.01. The third-order valence-corrected chi connectivity index (χ3v) is 3.50. The zero-order valence-corrected chi connectivity index (χ0v) is 12.6. The molecule has 128 valence electrons. The molecule has 0 saturated carbocycles. The fourth-order valence-corrected chi connectivity index (χ4v) is 2.26. The van der Waals surface area contributed by atoms with Gasteiger partial charge < -0.3 is 14.6 Å². The van der Waals surface area contributed by atoms with Gasteiger partial charge in [0, 0.05) is 6.42 Å². The summed E-state index contributed by atoms with van der Waals surface area (Å²) in [6.45, 7) is 0. The van der Waals surface area contributed by atoms with Crippen LogP contribution in [-0.4, -0.2) is 37.4 Å². The Balaban J connectivity index is 3.33. The average Bonchev–Trinajstić information content (AvgIpc) is 2.53. The van der Waals surface area contributed by atoms with E-state index in [9.17, 15) is 27.9 Å². The van der Waals surface area contributed by atoms with E-state index in [1.807, 2.05) is 0 Å². The second-order valence-electron chi connectivity index (χ2n) is 4.82. The van der Waals surface area contributed by atoms with E-state index in [2.05, 4.69) is 9.47 Å². The number of methoxy groups -OCH3 is 2. The number of esters is 2. The summed E-state index contributed by atoms with van der Waals surface area (Å²) < 4.78 is 49.5. The van der Waals surface area contributed by atoms with Crippen LogP contribution in [0.2, 0.25) is 0 Å². The number of aliphatic hydroxyl groups is 1. The van der Waals surface area contributed by atoms with E-state index in [-0.39, 0.29) is 0 Å². The molecule has 0 aliphatic carbocycles. The summed E-state index contributed by atoms with van der Waals surface area (Å²) in [7, 11) is 1.98. The smallest absolute Gasteiger partial charge is 0.422 e. The van der Waals surface area contributed by atoms with Crippen molar-refractivity contribution in [3.63, 3.8) is 0 Å². The van der Waals surface area contributed by atoms with Crippen molar-refractivity contribution in [2.24, 2.45) is 5.92 Å². The van der Waals surface area contributed by atoms with E-state index in [4.69, 9.17) is 0 Å². The lowest BCUT2D eigenvalue weighted by Crippen LogP contribution is -2.51. The Morgan fingerprint density at radius 2 is 1.70 bits per heavy atom. The maximum Gasteiger partial charge on any atom is 0.422 e. The Hall–Kier alpha value is -2.09. The largest absolute Gasteiger partial charge is 0.469 e. The van der Waals surface area contributed by atoms with Gasteiger partial charge in [-0.3, -0.25) is 9.59 Å². The highest BCUT2D eigenvalue weighted by molar-refractivity contribution is 5.76. The molecule has 1 N–H and O–H groups in total. The molecule has 5 nitrogen and oxygen atoms in total. The fraction of sp³-hybridized carbons (Fsp3) is 0.467. The van der Waals surface area contributed by atoms with Crippen molar-refractivity contribution in [3.8, 4) is 0 Å². The van der Waals surface area contributed by atoms with Gasteiger partial charge in [0.2, 0.25) is 0 Å². The fourth-order valence-electron chi connectivity index (χ4n) is 2.26. The van der Waals surface area contributed by atoms with Crippen LogP contribution in [-0.2, 0) is 24.7 Å². The molecule has 0 fully saturated rings. The van der Waals surface area contributed by atoms with Crippen molar-refractivity contribution in [3.05, 3.63) is 35.9 Å². The second-order valence-corrected chi connectivity index (χ2v) is 4.82. The minimum atomic E-state index is -5.15. The van der Waals surface area contributed by atoms with E-state index in [0.717, 1.165) is 26.4 Å². The maximum absolute atomic E-state index is 13.6. The monoisotopic (exact) mass is 334 g/mol. The number of alkyl halides is 3. The molecule has 0 spiro atoms. The Kier molecular flexibility index (Phi) is 6.14. The molecule has 0 bridgehead atoms. The third-order valence-electron chi connectivity index (χ3n) is 3.50. The Morgan fingerprint density at radius 3 is 2.13 bits per heavy atom. The number of hydrogen-bond donors (Lipinski definition) is 1. The topological polar surface area (TPSA) is 72.8 Å². The quantitative estimate of drug-likeness (QED) is 0.807. The Morgan fingerprint density at radius 1 is 1.13 bits per heavy atom. The van der Waals surface area contributed by atoms with Gasteiger partial charge in [-0.1, -0.05) is 30.3 Å². The number of halogens is 3. The van der Waals surface area contributed by atoms with Crippen LogP contribution in [0, 0.1) is 5.92 Å². The van der Waals surface area contributed by atoms with Crippen molar-refractivity contribution < 1.29 is 37.3 Å². The average molecular weight is 334 g/mol. The van der Waals surface area contributed by atoms with Crippen LogP contribution >= 0.6 is 0 Å². The lowest BCUT2D eigenvalue weighted by molar-refractivity contribution is -0.287. The summed E-state index contributed by atoms with van der Waals surface area (Å²) in [6.07, 6.45) is -6.20. The molecule has 1 aromatic carbocycles. The number of rotatable bonds is 6. The van der Waals surface area contributed by atoms with Crippen LogP contribution in [0.1, 0.15) is 18.4 Å². The molecular weight excluding hydrogens is 317 g/mol. The zero-order chi connectivity index (χ0) is 17.7. The van der Waals surface area contributed by atoms with E-state index >= 15 is 0 Å². The summed E-state index contributed by atoms with van der Waals surface area (Å²) in [6, 6.07) is 6.20. The standard InChI is InChI=1S/C15H17F3O5/c1-22-12(19)9-8-11(13(20)23-2)14(21,15(16,17)18)10-6-4-3-5-7-10/h3-7,11,21H,8-9H2,1-2H3. The molecule has 8 heteroatoms. The molecule has 0 aliphatic heterocycles. The van der Waals surface area contributed by atoms with E-state index in [1.165, 1.54) is 18.2 Å². The molecule has 0 radical (unpaired) electrons. The van der Waals surface area contributed by atoms with Gasteiger partial charge in [-0.2, -0.15) is 13.2 Å². The SMILES string of the molecule is COC(=O)CCC(C(=O)OC)C(O)(c1ccccc1)C(F)(F)F. The first-order chi connectivity index (χ1) is 10.7. The van der Waals surface area contributed by atoms with Gasteiger partial charge in [0.1, 0.15) is 0 Å². The summed E-state index contributed by atoms with van der Waals surface area (Å²) >= 11 is 0. The van der Waals surface area contributed by atoms with Crippen LogP contribution in [0.5, 0.6) is 0 Å². The van der Waals surface area contributed by atoms with Crippen LogP contribution in [0.15, 0.2) is 30.3 Å². The number of ether oxygens (including phenoxy) is 2. The number of benzene rings is 1. The van der Waals surface area contributed by atoms with Gasteiger partial charge in [-0.25, -0.2) is 0 Å². The van der Waals surface area contributed by atoms with Crippen molar-refractivity contribution in [1.29, 1.82) is 0 Å². The molecule has 0 amide bonds. The molecule has 2 unspecified atom stereocenters. The Bertz CT molecular complexity index is 544. The van der Waals surface area contributed by atoms with Gasteiger partial charge in [0.15, 0.2) is 5.60 Å². The summed E-state index contributed by atoms with van der Waals surface area (Å²) in [5.41, 5.74) is -3.98. The number of hydrogen-bond acceptors (Lipinski definition) is 5. The van der Waals surface area contributed by atoms with E-state index < -0.39 is 48.0 Å². The van der Waals surface area contributed by atoms with Crippen molar-refractivity contribution in [2.45, 2.75) is 24.6 Å². The lowest BCUT2D eigenvalue weighted by atomic mass is 9.78. The summed E-state index contributed by atoms with van der Waals surface area (Å²) in [5, 5.41) is 10.4. The highest BCUT2D eigenvalue weighted by Crippen LogP contribution is 2.46. The highest BCUT2D eigenvalue weighted by Gasteiger charge is 2.62. The predicted octanol–water partition coefficient (Wildman–Crippen LogP) is 2.18. The predicted molar refractivity (Wildman–Crippen MR) is 73.1 cm³/mol. The van der Waals surface area contributed by atoms with Crippen molar-refractivity contribution in [2.75, 3.05) is 14.2 Å². The molecule has 1 rings (SSSR count). The molecule has 1 aromatic rings. The maximum atomic E-state index is 13.6. The molecule has 2 atom stereocenters. The lowest BCUT2D eigenvalue weighted by Gasteiger charge is -2.36. The molecule has 0 aliphatic rings. The molecular formula is C15H17F3O5. The molecule has 0 aromatic heterocycles. The first-order valence-corrected chi connectivity index (χ1v) is 6.67. The number of carbonyl (C=O) groups excluding carboxylic acids is 2. The van der Waals surface area contributed by atoms with Gasteiger partial charge in [-0.05, 0) is 12.0 Å². The van der Waals surface area contributed by atoms with Gasteiger partial charge in [-0.15, -0.1) is 0 Å². The van der Waals surface area contributed by atoms with Crippen molar-refractivity contribution >= 4 is 11.9 Å². The van der Waals surface area contributed by atoms with E-state index in [1.54, 1.807) is 0 Å². The van der Waals surface area contributed by atoms with Crippen LogP contribution in [0.3, 0.4) is 0 Å². The highest BCUT2D eigenvalue weighted by atomic mass is 19.4. The van der Waals surface area contributed by atoms with Crippen LogP contribution in [0.4, 0.5) is 13.2 Å². The molecule has 0 heterocycles. The van der Waals surface area contributed by atoms with Crippen LogP contribution in [0.25, 0.3) is 0 Å². The molecule has 23 heavy (non-hydrogen) atoms. The second kappa shape index (κ2) is 7.45. The van der Waals surface area contributed by atoms with Crippen LogP contribution < -0.4 is 0 Å².